The lowest BCUT2D eigenvalue weighted by molar-refractivity contribution is 0.400. The molecule has 0 fully saturated rings. The molecule has 4 heteroatoms. The number of hydrogen-bond acceptors (Lipinski definition) is 2. The minimum Gasteiger partial charge on any atom is -0.299 e. The van der Waals surface area contributed by atoms with E-state index >= 15 is 0 Å². The van der Waals surface area contributed by atoms with Gasteiger partial charge in [-0.05, 0) is 6.92 Å². The smallest absolute Gasteiger partial charge is 0.107 e. The third kappa shape index (κ3) is 3.20. The van der Waals surface area contributed by atoms with E-state index in [1.54, 1.807) is 11.9 Å². The highest BCUT2D eigenvalue weighted by Crippen LogP contribution is 1.79. The van der Waals surface area contributed by atoms with Crippen molar-refractivity contribution in [2.24, 2.45) is 0 Å². The zero-order valence-electron chi connectivity index (χ0n) is 5.03. The number of halogens is 1. The van der Waals surface area contributed by atoms with Crippen molar-refractivity contribution in [3.8, 4) is 0 Å². The van der Waals surface area contributed by atoms with Crippen molar-refractivity contribution < 1.29 is 0 Å². The van der Waals surface area contributed by atoms with Gasteiger partial charge in [0.2, 0.25) is 0 Å². The Morgan fingerprint density at radius 3 is 2.50 bits per heavy atom. The zero-order valence-corrected chi connectivity index (χ0v) is 7.19. The molecule has 0 unspecified atom stereocenters. The summed E-state index contributed by atoms with van der Waals surface area (Å²) >= 11 is 2.19. The van der Waals surface area contributed by atoms with Crippen LogP contribution in [0, 0.1) is 5.41 Å². The topological polar surface area (TPSA) is 39.1 Å². The molecule has 0 aliphatic rings. The van der Waals surface area contributed by atoms with Gasteiger partial charge in [-0.15, -0.1) is 0 Å². The Morgan fingerprint density at radius 1 is 1.88 bits per heavy atom. The number of nitrogens with zero attached hydrogens (tertiary/aromatic N) is 1. The highest BCUT2D eigenvalue weighted by atomic mass is 127. The first-order chi connectivity index (χ1) is 3.68. The molecule has 0 rings (SSSR count). The Kier molecular flexibility index (Phi) is 4.16. The molecule has 0 aromatic carbocycles. The lowest BCUT2D eigenvalue weighted by atomic mass is 10.7. The number of hydrogen-bond donors (Lipinski definition) is 2. The van der Waals surface area contributed by atoms with E-state index in [-0.39, 0.29) is 0 Å². The molecule has 0 bridgehead atoms. The number of rotatable bonds is 2. The number of alkyl halides is 1. The van der Waals surface area contributed by atoms with Crippen LogP contribution in [0.15, 0.2) is 0 Å². The average Bonchev–Trinajstić information content (AvgIpc) is 1.67. The molecule has 3 nitrogen and oxygen atoms in total. The Labute approximate surface area is 63.1 Å². The Hall–Kier alpha value is 0.160. The van der Waals surface area contributed by atoms with Crippen LogP contribution in [0.3, 0.4) is 0 Å². The van der Waals surface area contributed by atoms with Crippen LogP contribution < -0.4 is 5.43 Å². The highest BCUT2D eigenvalue weighted by Gasteiger charge is 1.91. The van der Waals surface area contributed by atoms with Crippen molar-refractivity contribution in [1.82, 2.24) is 10.4 Å². The summed E-state index contributed by atoms with van der Waals surface area (Å²) in [5.41, 5.74) is 2.94. The maximum absolute atomic E-state index is 7.06. The van der Waals surface area contributed by atoms with Gasteiger partial charge in [-0.1, -0.05) is 22.6 Å². The van der Waals surface area contributed by atoms with Gasteiger partial charge in [-0.25, -0.2) is 5.43 Å². The van der Waals surface area contributed by atoms with E-state index < -0.39 is 0 Å². The van der Waals surface area contributed by atoms with Gasteiger partial charge in [0.15, 0.2) is 0 Å². The van der Waals surface area contributed by atoms with Crippen LogP contribution in [0.2, 0.25) is 0 Å². The first-order valence-corrected chi connectivity index (χ1v) is 3.79. The van der Waals surface area contributed by atoms with Crippen molar-refractivity contribution in [2.75, 3.05) is 11.6 Å². The van der Waals surface area contributed by atoms with Gasteiger partial charge in [0.05, 0.1) is 4.55 Å². The molecule has 48 valence electrons. The fourth-order valence-corrected chi connectivity index (χ4v) is 0.720. The first kappa shape index (κ1) is 8.16. The monoisotopic (exact) mass is 227 g/mol. The second kappa shape index (κ2) is 4.08. The summed E-state index contributed by atoms with van der Waals surface area (Å²) < 4.78 is 0.838. The van der Waals surface area contributed by atoms with Crippen LogP contribution in [0.5, 0.6) is 0 Å². The van der Waals surface area contributed by atoms with Gasteiger partial charge >= 0.3 is 0 Å². The lowest BCUT2D eigenvalue weighted by Gasteiger charge is -2.15. The van der Waals surface area contributed by atoms with E-state index in [1.165, 1.54) is 0 Å². The van der Waals surface area contributed by atoms with Crippen LogP contribution in [0.4, 0.5) is 0 Å². The first-order valence-electron chi connectivity index (χ1n) is 2.27. The quantitative estimate of drug-likeness (QED) is 0.183. The number of hydrazine groups is 1. The van der Waals surface area contributed by atoms with E-state index in [2.05, 4.69) is 28.0 Å². The largest absolute Gasteiger partial charge is 0.299 e. The highest BCUT2D eigenvalue weighted by molar-refractivity contribution is 14.1. The van der Waals surface area contributed by atoms with Gasteiger partial charge in [0, 0.05) is 7.05 Å². The maximum atomic E-state index is 7.06. The molecule has 8 heavy (non-hydrogen) atoms. The van der Waals surface area contributed by atoms with Crippen LogP contribution in [-0.2, 0) is 0 Å². The summed E-state index contributed by atoms with van der Waals surface area (Å²) in [5.74, 6) is 0.529. The van der Waals surface area contributed by atoms with Crippen LogP contribution >= 0.6 is 22.6 Å². The molecule has 0 radical (unpaired) electrons. The van der Waals surface area contributed by atoms with Crippen molar-refractivity contribution in [2.45, 2.75) is 6.92 Å². The zero-order chi connectivity index (χ0) is 6.57. The molecule has 0 aliphatic carbocycles. The molecule has 0 atom stereocenters. The molecule has 0 amide bonds. The van der Waals surface area contributed by atoms with Crippen LogP contribution in [0.25, 0.3) is 0 Å². The van der Waals surface area contributed by atoms with Gasteiger partial charge in [0.1, 0.15) is 5.84 Å². The van der Waals surface area contributed by atoms with Crippen LogP contribution in [-0.4, -0.2) is 22.4 Å². The standard InChI is InChI=1S/C4H10IN3/c1-4(6)8(2)7-3-5/h6-7H,3H2,1-2H3. The summed E-state index contributed by atoms with van der Waals surface area (Å²) in [6.45, 7) is 1.74. The van der Waals surface area contributed by atoms with Gasteiger partial charge < -0.3 is 0 Å². The summed E-state index contributed by atoms with van der Waals surface area (Å²) in [6.07, 6.45) is 0. The second-order valence-electron chi connectivity index (χ2n) is 1.44. The summed E-state index contributed by atoms with van der Waals surface area (Å²) in [7, 11) is 1.82. The Balaban J connectivity index is 3.32. The summed E-state index contributed by atoms with van der Waals surface area (Å²) in [5, 5.41) is 8.74. The van der Waals surface area contributed by atoms with Crippen molar-refractivity contribution in [3.63, 3.8) is 0 Å². The number of nitrogens with one attached hydrogen (secondary N) is 2. The fraction of sp³-hybridized carbons (Fsp3) is 0.750. The molecule has 0 heterocycles. The van der Waals surface area contributed by atoms with E-state index in [4.69, 9.17) is 5.41 Å². The Morgan fingerprint density at radius 2 is 2.38 bits per heavy atom. The Bertz CT molecular complexity index is 83.4. The van der Waals surface area contributed by atoms with E-state index in [0.717, 1.165) is 4.55 Å². The fourth-order valence-electron chi connectivity index (χ4n) is 0.208. The molecular weight excluding hydrogens is 217 g/mol. The predicted octanol–water partition coefficient (Wildman–Crippen LogP) is 0.812. The lowest BCUT2D eigenvalue weighted by Crippen LogP contribution is -2.36. The summed E-state index contributed by atoms with van der Waals surface area (Å²) in [4.78, 5) is 0. The van der Waals surface area contributed by atoms with E-state index in [0.29, 0.717) is 5.84 Å². The van der Waals surface area contributed by atoms with Gasteiger partial charge in [0.25, 0.3) is 0 Å². The normalized spacial score (nSPS) is 8.88. The van der Waals surface area contributed by atoms with Crippen molar-refractivity contribution in [1.29, 1.82) is 5.41 Å². The van der Waals surface area contributed by atoms with E-state index in [1.807, 2.05) is 7.05 Å². The third-order valence-electron chi connectivity index (χ3n) is 0.800. The molecule has 0 aromatic rings. The average molecular weight is 227 g/mol. The molecule has 0 saturated heterocycles. The van der Waals surface area contributed by atoms with Gasteiger partial charge in [-0.3, -0.25) is 10.4 Å². The predicted molar refractivity (Wildman–Crippen MR) is 43.2 cm³/mol. The second-order valence-corrected chi connectivity index (χ2v) is 2.20. The molecule has 0 saturated carbocycles. The minimum absolute atomic E-state index is 0.529. The van der Waals surface area contributed by atoms with Crippen molar-refractivity contribution >= 4 is 28.4 Å². The minimum atomic E-state index is 0.529. The van der Waals surface area contributed by atoms with Crippen LogP contribution in [0.1, 0.15) is 6.92 Å². The molecule has 2 N–H and O–H groups in total. The molecule has 0 spiro atoms. The number of amidine groups is 1. The summed E-state index contributed by atoms with van der Waals surface area (Å²) in [6, 6.07) is 0. The molecular formula is C4H10IN3. The van der Waals surface area contributed by atoms with Crippen molar-refractivity contribution in [3.05, 3.63) is 0 Å². The molecule has 0 aliphatic heterocycles. The third-order valence-corrected chi connectivity index (χ3v) is 1.14. The maximum Gasteiger partial charge on any atom is 0.107 e. The van der Waals surface area contributed by atoms with E-state index in [9.17, 15) is 0 Å². The SMILES string of the molecule is CC(=N)N(C)NCI. The van der Waals surface area contributed by atoms with Gasteiger partial charge in [-0.2, -0.15) is 0 Å². The molecule has 0 aromatic heterocycles.